The Morgan fingerprint density at radius 1 is 0.889 bits per heavy atom. The number of aromatic nitrogens is 2. The lowest BCUT2D eigenvalue weighted by Crippen LogP contribution is -2.29. The van der Waals surface area contributed by atoms with E-state index < -0.39 is 21.8 Å². The molecule has 2 amide bonds. The lowest BCUT2D eigenvalue weighted by Gasteiger charge is -2.21. The van der Waals surface area contributed by atoms with Crippen molar-refractivity contribution in [2.75, 3.05) is 4.72 Å². The molecule has 0 bridgehead atoms. The minimum Gasteiger partial charge on any atom is -0.279 e. The average molecular weight is 499 g/mol. The maximum absolute atomic E-state index is 13.4. The van der Waals surface area contributed by atoms with Gasteiger partial charge in [-0.3, -0.25) is 29.2 Å². The molecule has 0 unspecified atom stereocenters. The fourth-order valence-corrected chi connectivity index (χ4v) is 6.01. The van der Waals surface area contributed by atoms with E-state index in [9.17, 15) is 18.0 Å². The van der Waals surface area contributed by atoms with Gasteiger partial charge < -0.3 is 0 Å². The summed E-state index contributed by atoms with van der Waals surface area (Å²) < 4.78 is 29.6. The van der Waals surface area contributed by atoms with E-state index in [-0.39, 0.29) is 22.7 Å². The minimum atomic E-state index is -3.88. The number of anilines is 1. The summed E-state index contributed by atoms with van der Waals surface area (Å²) in [6.45, 7) is 0.0320. The molecule has 9 heteroatoms. The van der Waals surface area contributed by atoms with Crippen molar-refractivity contribution >= 4 is 38.4 Å². The van der Waals surface area contributed by atoms with Gasteiger partial charge in [-0.05, 0) is 67.1 Å². The number of hydrogen-bond acceptors (Lipinski definition) is 6. The Hall–Kier alpha value is -4.11. The van der Waals surface area contributed by atoms with Crippen LogP contribution in [0.2, 0.25) is 0 Å². The van der Waals surface area contributed by atoms with Gasteiger partial charge in [0.2, 0.25) is 0 Å². The maximum Gasteiger partial charge on any atom is 0.280 e. The summed E-state index contributed by atoms with van der Waals surface area (Å²) in [5, 5.41) is 0.776. The van der Waals surface area contributed by atoms with Crippen molar-refractivity contribution in [3.8, 4) is 0 Å². The summed E-state index contributed by atoms with van der Waals surface area (Å²) >= 11 is 0. The van der Waals surface area contributed by atoms with Gasteiger partial charge in [-0.1, -0.05) is 30.3 Å². The Morgan fingerprint density at radius 2 is 1.67 bits per heavy atom. The van der Waals surface area contributed by atoms with Gasteiger partial charge in [0.05, 0.1) is 28.2 Å². The first-order valence-electron chi connectivity index (χ1n) is 11.8. The van der Waals surface area contributed by atoms with Crippen LogP contribution in [-0.4, -0.2) is 35.1 Å². The third-order valence-electron chi connectivity index (χ3n) is 6.71. The lowest BCUT2D eigenvalue weighted by atomic mass is 9.93. The van der Waals surface area contributed by atoms with Crippen LogP contribution in [0.25, 0.3) is 10.9 Å². The zero-order valence-electron chi connectivity index (χ0n) is 19.3. The number of sulfonamides is 1. The van der Waals surface area contributed by atoms with Crippen LogP contribution < -0.4 is 4.72 Å². The van der Waals surface area contributed by atoms with Gasteiger partial charge in [-0.15, -0.1) is 0 Å². The summed E-state index contributed by atoms with van der Waals surface area (Å²) in [6.07, 6.45) is 5.11. The highest BCUT2D eigenvalue weighted by Gasteiger charge is 2.36. The first kappa shape index (κ1) is 22.4. The summed E-state index contributed by atoms with van der Waals surface area (Å²) in [5.74, 6) is -0.862. The lowest BCUT2D eigenvalue weighted by molar-refractivity contribution is 0.0640. The zero-order chi connectivity index (χ0) is 24.9. The average Bonchev–Trinajstić information content (AvgIpc) is 3.14. The Morgan fingerprint density at radius 3 is 2.47 bits per heavy atom. The van der Waals surface area contributed by atoms with E-state index in [0.717, 1.165) is 52.7 Å². The number of benzene rings is 2. The van der Waals surface area contributed by atoms with Crippen LogP contribution in [0.15, 0.2) is 71.8 Å². The monoisotopic (exact) mass is 498 g/mol. The van der Waals surface area contributed by atoms with Crippen molar-refractivity contribution in [3.63, 3.8) is 0 Å². The smallest absolute Gasteiger partial charge is 0.279 e. The van der Waals surface area contributed by atoms with Crippen LogP contribution in [0.1, 0.15) is 50.5 Å². The number of hydrogen-bond donors (Lipinski definition) is 1. The highest BCUT2D eigenvalue weighted by molar-refractivity contribution is 7.92. The summed E-state index contributed by atoms with van der Waals surface area (Å²) in [4.78, 5) is 35.2. The minimum absolute atomic E-state index is 0.0320. The SMILES string of the molecule is O=C1c2cccnc2C(=O)N1Cc1ccc(S(=O)(=O)Nc2c3c(nc4ccccc24)CCCC3)cc1. The molecule has 0 spiro atoms. The van der Waals surface area contributed by atoms with Crippen molar-refractivity contribution in [1.82, 2.24) is 14.9 Å². The van der Waals surface area contributed by atoms with Crippen molar-refractivity contribution in [1.29, 1.82) is 0 Å². The molecule has 2 aromatic heterocycles. The summed E-state index contributed by atoms with van der Waals surface area (Å²) in [5.41, 5.74) is 4.31. The van der Waals surface area contributed by atoms with Crippen LogP contribution >= 0.6 is 0 Å². The number of nitrogens with zero attached hydrogens (tertiary/aromatic N) is 3. The Bertz CT molecular complexity index is 1610. The predicted octanol–water partition coefficient (Wildman–Crippen LogP) is 4.11. The maximum atomic E-state index is 13.4. The molecule has 1 aliphatic carbocycles. The number of carbonyl (C=O) groups is 2. The van der Waals surface area contributed by atoms with Gasteiger partial charge in [-0.2, -0.15) is 0 Å². The Kier molecular flexibility index (Phi) is 5.30. The number of imide groups is 1. The topological polar surface area (TPSA) is 109 Å². The van der Waals surface area contributed by atoms with E-state index >= 15 is 0 Å². The van der Waals surface area contributed by atoms with E-state index in [1.54, 1.807) is 24.3 Å². The third-order valence-corrected chi connectivity index (χ3v) is 8.08. The van der Waals surface area contributed by atoms with Gasteiger partial charge in [0, 0.05) is 17.3 Å². The highest BCUT2D eigenvalue weighted by Crippen LogP contribution is 2.34. The van der Waals surface area contributed by atoms with E-state index in [4.69, 9.17) is 4.98 Å². The molecule has 36 heavy (non-hydrogen) atoms. The molecule has 1 N–H and O–H groups in total. The molecular weight excluding hydrogens is 476 g/mol. The number of fused-ring (bicyclic) bond motifs is 3. The van der Waals surface area contributed by atoms with Crippen LogP contribution in [0.5, 0.6) is 0 Å². The van der Waals surface area contributed by atoms with E-state index in [2.05, 4.69) is 9.71 Å². The summed E-state index contributed by atoms with van der Waals surface area (Å²) in [7, 11) is -3.88. The fraction of sp³-hybridized carbons (Fsp3) is 0.185. The summed E-state index contributed by atoms with van der Waals surface area (Å²) in [6, 6.07) is 17.0. The molecule has 6 rings (SSSR count). The molecular formula is C27H22N4O4S. The molecule has 4 aromatic rings. The van der Waals surface area contributed by atoms with Crippen LogP contribution in [0, 0.1) is 0 Å². The molecule has 0 radical (unpaired) electrons. The van der Waals surface area contributed by atoms with Gasteiger partial charge in [0.1, 0.15) is 5.69 Å². The van der Waals surface area contributed by atoms with E-state index in [0.29, 0.717) is 11.3 Å². The van der Waals surface area contributed by atoms with E-state index in [1.807, 2.05) is 24.3 Å². The first-order valence-corrected chi connectivity index (χ1v) is 13.2. The largest absolute Gasteiger partial charge is 0.280 e. The molecule has 3 heterocycles. The van der Waals surface area contributed by atoms with Gasteiger partial charge in [0.25, 0.3) is 21.8 Å². The molecule has 8 nitrogen and oxygen atoms in total. The second kappa shape index (κ2) is 8.53. The van der Waals surface area contributed by atoms with Crippen molar-refractivity contribution in [3.05, 3.63) is 94.9 Å². The van der Waals surface area contributed by atoms with Gasteiger partial charge in [-0.25, -0.2) is 8.42 Å². The number of carbonyl (C=O) groups excluding carboxylic acids is 2. The molecule has 0 fully saturated rings. The quantitative estimate of drug-likeness (QED) is 0.415. The molecule has 1 aliphatic heterocycles. The second-order valence-electron chi connectivity index (χ2n) is 8.98. The van der Waals surface area contributed by atoms with Crippen molar-refractivity contribution in [2.24, 2.45) is 0 Å². The van der Waals surface area contributed by atoms with Crippen LogP contribution in [0.3, 0.4) is 0 Å². The predicted molar refractivity (Wildman–Crippen MR) is 134 cm³/mol. The number of amides is 2. The Balaban J connectivity index is 1.28. The molecule has 0 saturated carbocycles. The number of pyridine rings is 2. The molecule has 0 saturated heterocycles. The first-order chi connectivity index (χ1) is 17.4. The molecule has 0 atom stereocenters. The second-order valence-corrected chi connectivity index (χ2v) is 10.7. The van der Waals surface area contributed by atoms with Gasteiger partial charge >= 0.3 is 0 Å². The standard InChI is InChI=1S/C27H22N4O4S/c32-26-21-8-5-15-28-25(21)27(33)31(26)16-17-11-13-18(14-12-17)36(34,35)30-24-19-6-1-3-9-22(19)29-23-10-4-2-7-20(23)24/h1,3,5-6,8-9,11-15H,2,4,7,10,16H2,(H,29,30). The normalized spacial score (nSPS) is 15.2. The number of para-hydroxylation sites is 1. The van der Waals surface area contributed by atoms with E-state index in [1.165, 1.54) is 18.3 Å². The highest BCUT2D eigenvalue weighted by atomic mass is 32.2. The molecule has 180 valence electrons. The van der Waals surface area contributed by atoms with Crippen LogP contribution in [-0.2, 0) is 29.4 Å². The fourth-order valence-electron chi connectivity index (χ4n) is 4.90. The zero-order valence-corrected chi connectivity index (χ0v) is 20.1. The van der Waals surface area contributed by atoms with Crippen LogP contribution in [0.4, 0.5) is 5.69 Å². The Labute approximate surface area is 208 Å². The number of aryl methyl sites for hydroxylation is 1. The van der Waals surface area contributed by atoms with Crippen molar-refractivity contribution < 1.29 is 18.0 Å². The number of nitrogens with one attached hydrogen (secondary N) is 1. The third kappa shape index (κ3) is 3.72. The van der Waals surface area contributed by atoms with Gasteiger partial charge in [0.15, 0.2) is 0 Å². The molecule has 2 aliphatic rings. The van der Waals surface area contributed by atoms with Crippen molar-refractivity contribution in [2.45, 2.75) is 37.1 Å². The number of rotatable bonds is 5. The molecule has 2 aromatic carbocycles.